The molecule has 0 aliphatic rings. The molecule has 0 fully saturated rings. The highest BCUT2D eigenvalue weighted by molar-refractivity contribution is 7.11. The number of hydrogen-bond acceptors (Lipinski definition) is 6. The molecule has 6 heteroatoms. The fraction of sp³-hybridized carbons (Fsp3) is 0.500. The third-order valence-corrected chi connectivity index (χ3v) is 5.12. The van der Waals surface area contributed by atoms with E-state index in [2.05, 4.69) is 30.8 Å². The van der Waals surface area contributed by atoms with E-state index in [-0.39, 0.29) is 6.04 Å². The van der Waals surface area contributed by atoms with Gasteiger partial charge in [0, 0.05) is 23.6 Å². The van der Waals surface area contributed by atoms with Crippen LogP contribution >= 0.6 is 11.3 Å². The SMILES string of the molecule is COc1cc(OC)c(CN(C)[C@H](C)c2nc(C)sc2C)c(OC)c1. The summed E-state index contributed by atoms with van der Waals surface area (Å²) in [6, 6.07) is 3.97. The van der Waals surface area contributed by atoms with Gasteiger partial charge in [0.15, 0.2) is 0 Å². The highest BCUT2D eigenvalue weighted by Crippen LogP contribution is 2.36. The Morgan fingerprint density at radius 1 is 1.08 bits per heavy atom. The molecule has 2 aromatic rings. The molecule has 1 atom stereocenters. The van der Waals surface area contributed by atoms with Gasteiger partial charge in [-0.2, -0.15) is 0 Å². The molecular weight excluding hydrogens is 324 g/mol. The van der Waals surface area contributed by atoms with Crippen LogP contribution in [0.15, 0.2) is 12.1 Å². The molecule has 0 saturated heterocycles. The van der Waals surface area contributed by atoms with E-state index >= 15 is 0 Å². The Balaban J connectivity index is 2.30. The number of hydrogen-bond donors (Lipinski definition) is 0. The van der Waals surface area contributed by atoms with Crippen molar-refractivity contribution in [3.05, 3.63) is 33.3 Å². The average Bonchev–Trinajstić information content (AvgIpc) is 2.92. The second-order valence-electron chi connectivity index (χ2n) is 5.78. The van der Waals surface area contributed by atoms with Crippen molar-refractivity contribution in [2.24, 2.45) is 0 Å². The minimum Gasteiger partial charge on any atom is -0.496 e. The fourth-order valence-electron chi connectivity index (χ4n) is 2.76. The Bertz CT molecular complexity index is 675. The van der Waals surface area contributed by atoms with Crippen LogP contribution in [0.5, 0.6) is 17.2 Å². The normalized spacial score (nSPS) is 12.3. The van der Waals surface area contributed by atoms with Crippen molar-refractivity contribution in [1.29, 1.82) is 0 Å². The van der Waals surface area contributed by atoms with Gasteiger partial charge < -0.3 is 14.2 Å². The number of benzene rings is 1. The van der Waals surface area contributed by atoms with Gasteiger partial charge in [-0.15, -0.1) is 11.3 Å². The van der Waals surface area contributed by atoms with Crippen LogP contribution in [0.25, 0.3) is 0 Å². The van der Waals surface area contributed by atoms with Crippen molar-refractivity contribution >= 4 is 11.3 Å². The molecule has 0 aliphatic carbocycles. The highest BCUT2D eigenvalue weighted by atomic mass is 32.1. The zero-order valence-corrected chi connectivity index (χ0v) is 16.3. The number of aromatic nitrogens is 1. The Hall–Kier alpha value is -1.79. The van der Waals surface area contributed by atoms with Crippen LogP contribution in [0.1, 0.15) is 34.1 Å². The van der Waals surface area contributed by atoms with Crippen LogP contribution in [0, 0.1) is 13.8 Å². The maximum Gasteiger partial charge on any atom is 0.130 e. The van der Waals surface area contributed by atoms with E-state index in [4.69, 9.17) is 14.2 Å². The van der Waals surface area contributed by atoms with Gasteiger partial charge in [-0.25, -0.2) is 4.98 Å². The minimum atomic E-state index is 0.200. The van der Waals surface area contributed by atoms with Gasteiger partial charge in [0.1, 0.15) is 17.2 Å². The molecule has 0 spiro atoms. The van der Waals surface area contributed by atoms with E-state index < -0.39 is 0 Å². The Morgan fingerprint density at radius 3 is 2.08 bits per heavy atom. The number of methoxy groups -OCH3 is 3. The molecule has 132 valence electrons. The zero-order chi connectivity index (χ0) is 17.9. The van der Waals surface area contributed by atoms with Crippen LogP contribution in [-0.2, 0) is 6.54 Å². The van der Waals surface area contributed by atoms with Crippen LogP contribution in [0.4, 0.5) is 0 Å². The highest BCUT2D eigenvalue weighted by Gasteiger charge is 2.21. The lowest BCUT2D eigenvalue weighted by molar-refractivity contribution is 0.240. The molecule has 0 saturated carbocycles. The van der Waals surface area contributed by atoms with Crippen molar-refractivity contribution in [3.8, 4) is 17.2 Å². The summed E-state index contributed by atoms with van der Waals surface area (Å²) in [6.07, 6.45) is 0. The van der Waals surface area contributed by atoms with Crippen molar-refractivity contribution in [2.75, 3.05) is 28.4 Å². The second-order valence-corrected chi connectivity index (χ2v) is 7.18. The standard InChI is InChI=1S/C18H26N2O3S/c1-11(18-12(2)24-13(3)19-18)20(4)10-15-16(22-6)8-14(21-5)9-17(15)23-7/h8-9,11H,10H2,1-7H3/t11-/m1/s1. The summed E-state index contributed by atoms with van der Waals surface area (Å²) in [7, 11) is 7.04. The summed E-state index contributed by atoms with van der Waals surface area (Å²) in [5.41, 5.74) is 2.13. The summed E-state index contributed by atoms with van der Waals surface area (Å²) in [4.78, 5) is 8.19. The van der Waals surface area contributed by atoms with E-state index in [1.54, 1.807) is 32.7 Å². The fourth-order valence-corrected chi connectivity index (χ4v) is 3.67. The maximum absolute atomic E-state index is 5.54. The molecule has 0 radical (unpaired) electrons. The van der Waals surface area contributed by atoms with Gasteiger partial charge in [-0.05, 0) is 27.8 Å². The summed E-state index contributed by atoms with van der Waals surface area (Å²) < 4.78 is 16.4. The van der Waals surface area contributed by atoms with Crippen LogP contribution in [-0.4, -0.2) is 38.3 Å². The van der Waals surface area contributed by atoms with E-state index in [1.165, 1.54) is 4.88 Å². The van der Waals surface area contributed by atoms with Crippen LogP contribution in [0.3, 0.4) is 0 Å². The number of nitrogens with zero attached hydrogens (tertiary/aromatic N) is 2. The van der Waals surface area contributed by atoms with Crippen molar-refractivity contribution < 1.29 is 14.2 Å². The Kier molecular flexibility index (Phi) is 6.07. The second kappa shape index (κ2) is 7.85. The van der Waals surface area contributed by atoms with Gasteiger partial charge in [0.05, 0.1) is 43.6 Å². The molecule has 2 rings (SSSR count). The molecule has 0 unspecified atom stereocenters. The number of aryl methyl sites for hydroxylation is 2. The molecule has 0 bridgehead atoms. The third kappa shape index (κ3) is 3.82. The average molecular weight is 350 g/mol. The molecule has 1 aromatic carbocycles. The van der Waals surface area contributed by atoms with Gasteiger partial charge in [-0.3, -0.25) is 4.90 Å². The van der Waals surface area contributed by atoms with Gasteiger partial charge in [-0.1, -0.05) is 0 Å². The topological polar surface area (TPSA) is 43.8 Å². The first kappa shape index (κ1) is 18.5. The predicted octanol–water partition coefficient (Wildman–Crippen LogP) is 3.98. The summed E-state index contributed by atoms with van der Waals surface area (Å²) in [6.45, 7) is 7.03. The predicted molar refractivity (Wildman–Crippen MR) is 97.6 cm³/mol. The lowest BCUT2D eigenvalue weighted by atomic mass is 10.1. The first-order valence-corrected chi connectivity index (χ1v) is 8.65. The minimum absolute atomic E-state index is 0.200. The van der Waals surface area contributed by atoms with Gasteiger partial charge >= 0.3 is 0 Å². The molecule has 24 heavy (non-hydrogen) atoms. The lowest BCUT2D eigenvalue weighted by Crippen LogP contribution is -2.23. The van der Waals surface area contributed by atoms with E-state index in [9.17, 15) is 0 Å². The Labute approximate surface area is 148 Å². The lowest BCUT2D eigenvalue weighted by Gasteiger charge is -2.26. The van der Waals surface area contributed by atoms with Crippen molar-refractivity contribution in [2.45, 2.75) is 33.4 Å². The number of ether oxygens (including phenoxy) is 3. The summed E-state index contributed by atoms with van der Waals surface area (Å²) >= 11 is 1.74. The number of thiazole rings is 1. The third-order valence-electron chi connectivity index (χ3n) is 4.22. The van der Waals surface area contributed by atoms with Crippen molar-refractivity contribution in [3.63, 3.8) is 0 Å². The van der Waals surface area contributed by atoms with E-state index in [0.717, 1.165) is 27.8 Å². The molecule has 0 N–H and O–H groups in total. The molecule has 1 heterocycles. The van der Waals surface area contributed by atoms with Crippen LogP contribution in [0.2, 0.25) is 0 Å². The van der Waals surface area contributed by atoms with Crippen molar-refractivity contribution in [1.82, 2.24) is 9.88 Å². The summed E-state index contributed by atoms with van der Waals surface area (Å²) in [5.74, 6) is 2.24. The first-order chi connectivity index (χ1) is 11.4. The largest absolute Gasteiger partial charge is 0.496 e. The molecular formula is C18H26N2O3S. The van der Waals surface area contributed by atoms with E-state index in [0.29, 0.717) is 12.3 Å². The molecule has 0 aliphatic heterocycles. The quantitative estimate of drug-likeness (QED) is 0.756. The monoisotopic (exact) mass is 350 g/mol. The molecule has 0 amide bonds. The van der Waals surface area contributed by atoms with Gasteiger partial charge in [0.2, 0.25) is 0 Å². The summed E-state index contributed by atoms with van der Waals surface area (Å²) in [5, 5.41) is 1.10. The molecule has 5 nitrogen and oxygen atoms in total. The smallest absolute Gasteiger partial charge is 0.130 e. The molecule has 1 aromatic heterocycles. The maximum atomic E-state index is 5.54. The van der Waals surface area contributed by atoms with Gasteiger partial charge in [0.25, 0.3) is 0 Å². The van der Waals surface area contributed by atoms with Crippen LogP contribution < -0.4 is 14.2 Å². The number of rotatable bonds is 7. The Morgan fingerprint density at radius 2 is 1.67 bits per heavy atom. The first-order valence-electron chi connectivity index (χ1n) is 7.84. The zero-order valence-electron chi connectivity index (χ0n) is 15.5. The van der Waals surface area contributed by atoms with E-state index in [1.807, 2.05) is 19.1 Å².